The van der Waals surface area contributed by atoms with Crippen LogP contribution in [0.2, 0.25) is 0 Å². The second-order valence-corrected chi connectivity index (χ2v) is 7.29. The Morgan fingerprint density at radius 3 is 1.89 bits per heavy atom. The molecule has 0 fully saturated rings. The van der Waals surface area contributed by atoms with Crippen LogP contribution in [0.15, 0.2) is 84.1 Å². The first-order valence-electron chi connectivity index (χ1n) is 9.26. The van der Waals surface area contributed by atoms with Crippen molar-refractivity contribution in [3.8, 4) is 0 Å². The van der Waals surface area contributed by atoms with Gasteiger partial charge in [0.15, 0.2) is 0 Å². The molecule has 0 saturated heterocycles. The van der Waals surface area contributed by atoms with Gasteiger partial charge in [-0.15, -0.1) is 0 Å². The Kier molecular flexibility index (Phi) is 6.45. The lowest BCUT2D eigenvalue weighted by molar-refractivity contribution is 0.0965. The van der Waals surface area contributed by atoms with Crippen molar-refractivity contribution < 1.29 is 15.3 Å². The van der Waals surface area contributed by atoms with E-state index in [1.54, 1.807) is 6.08 Å². The first-order valence-corrected chi connectivity index (χ1v) is 9.26. The monoisotopic (exact) mass is 365 g/mol. The first-order chi connectivity index (χ1) is 13.1. The molecule has 3 N–H and O–H groups in total. The van der Waals surface area contributed by atoms with E-state index in [-0.39, 0.29) is 19.0 Å². The number of rotatable bonds is 8. The zero-order valence-corrected chi connectivity index (χ0v) is 15.5. The summed E-state index contributed by atoms with van der Waals surface area (Å²) in [7, 11) is 0. The third-order valence-electron chi connectivity index (χ3n) is 5.06. The van der Waals surface area contributed by atoms with Gasteiger partial charge in [0.05, 0.1) is 13.2 Å². The molecule has 0 amide bonds. The van der Waals surface area contributed by atoms with Crippen molar-refractivity contribution in [2.75, 3.05) is 19.8 Å². The zero-order valence-electron chi connectivity index (χ0n) is 15.5. The smallest absolute Gasteiger partial charge is 0.116 e. The molecule has 1 aliphatic carbocycles. The van der Waals surface area contributed by atoms with E-state index in [1.807, 2.05) is 42.5 Å². The zero-order chi connectivity index (χ0) is 19.1. The van der Waals surface area contributed by atoms with E-state index < -0.39 is 5.41 Å². The standard InChI is InChI=1S/C23H27NO3/c25-16-21-13-23(18-26,12-11-22(21)27)17-24(14-19-7-3-1-4-8-19)15-20-9-5-2-6-10-20/h1-12,25-27H,13-18H2. The highest BCUT2D eigenvalue weighted by molar-refractivity contribution is 5.29. The minimum atomic E-state index is -0.520. The molecule has 0 aromatic heterocycles. The molecule has 0 saturated carbocycles. The van der Waals surface area contributed by atoms with Gasteiger partial charge in [-0.3, -0.25) is 4.90 Å². The molecule has 0 bridgehead atoms. The molecule has 1 atom stereocenters. The molecule has 0 heterocycles. The quantitative estimate of drug-likeness (QED) is 0.671. The van der Waals surface area contributed by atoms with Crippen LogP contribution in [0.3, 0.4) is 0 Å². The normalized spacial score (nSPS) is 19.7. The fraction of sp³-hybridized carbons (Fsp3) is 0.304. The molecular formula is C23H27NO3. The van der Waals surface area contributed by atoms with Gasteiger partial charge in [-0.05, 0) is 29.2 Å². The largest absolute Gasteiger partial charge is 0.508 e. The number of nitrogens with zero attached hydrogens (tertiary/aromatic N) is 1. The average Bonchev–Trinajstić information content (AvgIpc) is 2.71. The van der Waals surface area contributed by atoms with Gasteiger partial charge >= 0.3 is 0 Å². The van der Waals surface area contributed by atoms with Crippen LogP contribution >= 0.6 is 0 Å². The fourth-order valence-electron chi connectivity index (χ4n) is 3.65. The van der Waals surface area contributed by atoms with E-state index >= 15 is 0 Å². The Morgan fingerprint density at radius 2 is 1.41 bits per heavy atom. The predicted octanol–water partition coefficient (Wildman–Crippen LogP) is 3.43. The van der Waals surface area contributed by atoms with Crippen molar-refractivity contribution >= 4 is 0 Å². The van der Waals surface area contributed by atoms with Crippen LogP contribution in [0.1, 0.15) is 17.5 Å². The molecule has 0 spiro atoms. The van der Waals surface area contributed by atoms with Crippen LogP contribution < -0.4 is 0 Å². The molecule has 1 aliphatic rings. The van der Waals surface area contributed by atoms with E-state index in [9.17, 15) is 15.3 Å². The summed E-state index contributed by atoms with van der Waals surface area (Å²) in [6.45, 7) is 1.90. The number of aliphatic hydroxyl groups excluding tert-OH is 3. The van der Waals surface area contributed by atoms with E-state index in [2.05, 4.69) is 29.2 Å². The molecule has 27 heavy (non-hydrogen) atoms. The number of allylic oxidation sites excluding steroid dienone is 1. The molecule has 1 unspecified atom stereocenters. The summed E-state index contributed by atoms with van der Waals surface area (Å²) in [4.78, 5) is 2.31. The first kappa shape index (κ1) is 19.4. The fourth-order valence-corrected chi connectivity index (χ4v) is 3.65. The van der Waals surface area contributed by atoms with Gasteiger partial charge < -0.3 is 15.3 Å². The lowest BCUT2D eigenvalue weighted by Crippen LogP contribution is -2.40. The summed E-state index contributed by atoms with van der Waals surface area (Å²) in [5.41, 5.74) is 2.48. The second kappa shape index (κ2) is 9.00. The van der Waals surface area contributed by atoms with Gasteiger partial charge in [0.2, 0.25) is 0 Å². The number of hydrogen-bond donors (Lipinski definition) is 3. The van der Waals surface area contributed by atoms with Gasteiger partial charge in [0.25, 0.3) is 0 Å². The maximum absolute atomic E-state index is 10.2. The highest BCUT2D eigenvalue weighted by atomic mass is 16.3. The predicted molar refractivity (Wildman–Crippen MR) is 107 cm³/mol. The van der Waals surface area contributed by atoms with Crippen LogP contribution in [0.5, 0.6) is 0 Å². The van der Waals surface area contributed by atoms with Crippen LogP contribution in [0, 0.1) is 5.41 Å². The summed E-state index contributed by atoms with van der Waals surface area (Å²) in [6, 6.07) is 20.5. The molecule has 2 aromatic carbocycles. The maximum Gasteiger partial charge on any atom is 0.116 e. The summed E-state index contributed by atoms with van der Waals surface area (Å²) < 4.78 is 0. The molecule has 0 radical (unpaired) electrons. The van der Waals surface area contributed by atoms with Crippen molar-refractivity contribution in [1.29, 1.82) is 0 Å². The van der Waals surface area contributed by atoms with Crippen LogP contribution in [-0.4, -0.2) is 40.0 Å². The lowest BCUT2D eigenvalue weighted by Gasteiger charge is -2.37. The second-order valence-electron chi connectivity index (χ2n) is 7.29. The Morgan fingerprint density at radius 1 is 0.852 bits per heavy atom. The highest BCUT2D eigenvalue weighted by Crippen LogP contribution is 2.35. The number of hydrogen-bond acceptors (Lipinski definition) is 4. The summed E-state index contributed by atoms with van der Waals surface area (Å²) in [5.74, 6) is 0.110. The molecular weight excluding hydrogens is 338 g/mol. The topological polar surface area (TPSA) is 63.9 Å². The molecule has 4 heteroatoms. The van der Waals surface area contributed by atoms with E-state index in [1.165, 1.54) is 11.1 Å². The van der Waals surface area contributed by atoms with E-state index in [4.69, 9.17) is 0 Å². The van der Waals surface area contributed by atoms with Gasteiger partial charge in [-0.25, -0.2) is 0 Å². The highest BCUT2D eigenvalue weighted by Gasteiger charge is 2.33. The Bertz CT molecular complexity index is 744. The van der Waals surface area contributed by atoms with Gasteiger partial charge in [-0.2, -0.15) is 0 Å². The van der Waals surface area contributed by atoms with Gasteiger partial charge in [0.1, 0.15) is 5.76 Å². The molecule has 4 nitrogen and oxygen atoms in total. The third-order valence-corrected chi connectivity index (χ3v) is 5.06. The molecule has 3 rings (SSSR count). The molecule has 0 aliphatic heterocycles. The van der Waals surface area contributed by atoms with Crippen molar-refractivity contribution in [2.45, 2.75) is 19.5 Å². The number of aliphatic hydroxyl groups is 3. The summed E-state index contributed by atoms with van der Waals surface area (Å²) in [5, 5.41) is 29.6. The van der Waals surface area contributed by atoms with E-state index in [0.29, 0.717) is 18.5 Å². The van der Waals surface area contributed by atoms with Gasteiger partial charge in [0, 0.05) is 25.0 Å². The SMILES string of the molecule is OCC1=C(O)C=CC(CO)(CN(Cc2ccccc2)Cc2ccccc2)C1. The molecule has 142 valence electrons. The molecule has 2 aromatic rings. The number of benzene rings is 2. The Hall–Kier alpha value is -2.40. The van der Waals surface area contributed by atoms with Gasteiger partial charge in [-0.1, -0.05) is 66.7 Å². The van der Waals surface area contributed by atoms with Crippen molar-refractivity contribution in [1.82, 2.24) is 4.90 Å². The van der Waals surface area contributed by atoms with Crippen LogP contribution in [0.4, 0.5) is 0 Å². The average molecular weight is 365 g/mol. The van der Waals surface area contributed by atoms with Crippen molar-refractivity contribution in [3.05, 3.63) is 95.3 Å². The Labute approximate surface area is 160 Å². The summed E-state index contributed by atoms with van der Waals surface area (Å²) in [6.07, 6.45) is 3.93. The minimum Gasteiger partial charge on any atom is -0.508 e. The minimum absolute atomic E-state index is 0.0413. The van der Waals surface area contributed by atoms with Crippen LogP contribution in [0.25, 0.3) is 0 Å². The van der Waals surface area contributed by atoms with Crippen LogP contribution in [-0.2, 0) is 13.1 Å². The Balaban J connectivity index is 1.82. The summed E-state index contributed by atoms with van der Waals surface area (Å²) >= 11 is 0. The van der Waals surface area contributed by atoms with E-state index in [0.717, 1.165) is 13.1 Å². The maximum atomic E-state index is 10.2. The van der Waals surface area contributed by atoms with Crippen molar-refractivity contribution in [3.63, 3.8) is 0 Å². The van der Waals surface area contributed by atoms with Crippen molar-refractivity contribution in [2.24, 2.45) is 5.41 Å². The third kappa shape index (κ3) is 5.07. The lowest BCUT2D eigenvalue weighted by atomic mass is 9.78.